The van der Waals surface area contributed by atoms with Crippen LogP contribution in [0.15, 0.2) is 0 Å². The van der Waals surface area contributed by atoms with Crippen molar-refractivity contribution in [2.75, 3.05) is 6.61 Å². The first-order valence-electron chi connectivity index (χ1n) is 10.4. The summed E-state index contributed by atoms with van der Waals surface area (Å²) >= 11 is 0. The Bertz CT molecular complexity index is 259. The molecule has 2 aliphatic rings. The summed E-state index contributed by atoms with van der Waals surface area (Å²) < 4.78 is 5.78. The lowest BCUT2D eigenvalue weighted by Gasteiger charge is -2.32. The normalized spacial score (nSPS) is 33.0. The summed E-state index contributed by atoms with van der Waals surface area (Å²) in [5, 5.41) is 0. The highest BCUT2D eigenvalue weighted by molar-refractivity contribution is 4.77. The lowest BCUT2D eigenvalue weighted by atomic mass is 9.76. The highest BCUT2D eigenvalue weighted by Gasteiger charge is 2.24. The van der Waals surface area contributed by atoms with E-state index in [0.717, 1.165) is 24.4 Å². The maximum Gasteiger partial charge on any atom is 0.0575 e. The van der Waals surface area contributed by atoms with Crippen molar-refractivity contribution < 1.29 is 4.74 Å². The van der Waals surface area contributed by atoms with Crippen molar-refractivity contribution in [1.82, 2.24) is 0 Å². The molecule has 0 aliphatic heterocycles. The summed E-state index contributed by atoms with van der Waals surface area (Å²) in [7, 11) is 0. The van der Waals surface area contributed by atoms with Gasteiger partial charge in [-0.05, 0) is 50.4 Å². The molecule has 0 aromatic heterocycles. The summed E-state index contributed by atoms with van der Waals surface area (Å²) in [6.07, 6.45) is 21.1. The van der Waals surface area contributed by atoms with Gasteiger partial charge in [-0.1, -0.05) is 71.1 Å². The maximum atomic E-state index is 5.78. The SMILES string of the molecule is CCCCCC1CCC(CCC2CCC(OCC)CC2)CC1. The average molecular weight is 309 g/mol. The fourth-order valence-electron chi connectivity index (χ4n) is 4.79. The van der Waals surface area contributed by atoms with Crippen molar-refractivity contribution in [3.63, 3.8) is 0 Å². The van der Waals surface area contributed by atoms with Crippen LogP contribution in [-0.4, -0.2) is 12.7 Å². The first-order valence-corrected chi connectivity index (χ1v) is 10.4. The summed E-state index contributed by atoms with van der Waals surface area (Å²) in [5.41, 5.74) is 0. The first-order chi connectivity index (χ1) is 10.8. The molecule has 0 atom stereocenters. The van der Waals surface area contributed by atoms with Crippen molar-refractivity contribution in [2.45, 2.75) is 110 Å². The van der Waals surface area contributed by atoms with E-state index in [-0.39, 0.29) is 0 Å². The van der Waals surface area contributed by atoms with Crippen LogP contribution in [0.4, 0.5) is 0 Å². The minimum absolute atomic E-state index is 0.583. The zero-order valence-corrected chi connectivity index (χ0v) is 15.3. The molecule has 130 valence electrons. The van der Waals surface area contributed by atoms with Gasteiger partial charge in [0.1, 0.15) is 0 Å². The summed E-state index contributed by atoms with van der Waals surface area (Å²) in [6.45, 7) is 5.35. The quantitative estimate of drug-likeness (QED) is 0.428. The Labute approximate surface area is 139 Å². The predicted octanol–water partition coefficient (Wildman–Crippen LogP) is 6.75. The molecule has 0 spiro atoms. The van der Waals surface area contributed by atoms with Crippen LogP contribution < -0.4 is 0 Å². The molecular weight excluding hydrogens is 268 g/mol. The van der Waals surface area contributed by atoms with Crippen LogP contribution in [0.2, 0.25) is 0 Å². The van der Waals surface area contributed by atoms with Crippen LogP contribution in [0.5, 0.6) is 0 Å². The van der Waals surface area contributed by atoms with E-state index in [9.17, 15) is 0 Å². The second kappa shape index (κ2) is 10.7. The number of unbranched alkanes of at least 4 members (excludes halogenated alkanes) is 2. The summed E-state index contributed by atoms with van der Waals surface area (Å²) in [5.74, 6) is 3.15. The maximum absolute atomic E-state index is 5.78. The molecule has 0 bridgehead atoms. The highest BCUT2D eigenvalue weighted by Crippen LogP contribution is 2.37. The minimum Gasteiger partial charge on any atom is -0.379 e. The Balaban J connectivity index is 1.52. The van der Waals surface area contributed by atoms with E-state index in [0.29, 0.717) is 6.10 Å². The molecule has 2 rings (SSSR count). The topological polar surface area (TPSA) is 9.23 Å². The lowest BCUT2D eigenvalue weighted by Crippen LogP contribution is -2.22. The first kappa shape index (κ1) is 18.3. The standard InChI is InChI=1S/C21H40O/c1-3-5-6-7-18-8-10-19(11-9-18)12-13-20-14-16-21(17-15-20)22-4-2/h18-21H,3-17H2,1-2H3. The van der Waals surface area contributed by atoms with Crippen molar-refractivity contribution in [2.24, 2.45) is 17.8 Å². The van der Waals surface area contributed by atoms with Crippen LogP contribution >= 0.6 is 0 Å². The monoisotopic (exact) mass is 308 g/mol. The van der Waals surface area contributed by atoms with Gasteiger partial charge in [-0.15, -0.1) is 0 Å². The van der Waals surface area contributed by atoms with Gasteiger partial charge in [0.2, 0.25) is 0 Å². The molecule has 0 unspecified atom stereocenters. The molecule has 2 aliphatic carbocycles. The van der Waals surface area contributed by atoms with Crippen LogP contribution in [-0.2, 0) is 4.74 Å². The molecule has 1 nitrogen and oxygen atoms in total. The Hall–Kier alpha value is -0.0400. The third-order valence-corrected chi connectivity index (χ3v) is 6.36. The fraction of sp³-hybridized carbons (Fsp3) is 1.00. The predicted molar refractivity (Wildman–Crippen MR) is 96.2 cm³/mol. The van der Waals surface area contributed by atoms with E-state index in [1.807, 2.05) is 0 Å². The van der Waals surface area contributed by atoms with E-state index in [4.69, 9.17) is 4.74 Å². The third-order valence-electron chi connectivity index (χ3n) is 6.36. The molecular formula is C21H40O. The van der Waals surface area contributed by atoms with E-state index in [2.05, 4.69) is 13.8 Å². The van der Waals surface area contributed by atoms with Gasteiger partial charge in [-0.2, -0.15) is 0 Å². The second-order valence-corrected chi connectivity index (χ2v) is 8.06. The number of hydrogen-bond acceptors (Lipinski definition) is 1. The van der Waals surface area contributed by atoms with Gasteiger partial charge in [0.25, 0.3) is 0 Å². The smallest absolute Gasteiger partial charge is 0.0575 e. The van der Waals surface area contributed by atoms with Crippen molar-refractivity contribution >= 4 is 0 Å². The van der Waals surface area contributed by atoms with E-state index >= 15 is 0 Å². The van der Waals surface area contributed by atoms with Crippen molar-refractivity contribution in [1.29, 1.82) is 0 Å². The van der Waals surface area contributed by atoms with Crippen LogP contribution in [0.25, 0.3) is 0 Å². The molecule has 0 amide bonds. The Morgan fingerprint density at radius 2 is 1.14 bits per heavy atom. The van der Waals surface area contributed by atoms with Gasteiger partial charge in [0, 0.05) is 6.61 Å². The fourth-order valence-corrected chi connectivity index (χ4v) is 4.79. The lowest BCUT2D eigenvalue weighted by molar-refractivity contribution is 0.0238. The second-order valence-electron chi connectivity index (χ2n) is 8.06. The van der Waals surface area contributed by atoms with Gasteiger partial charge in [-0.3, -0.25) is 0 Å². The Morgan fingerprint density at radius 1 is 0.636 bits per heavy atom. The molecule has 0 saturated heterocycles. The highest BCUT2D eigenvalue weighted by atomic mass is 16.5. The zero-order chi connectivity index (χ0) is 15.6. The van der Waals surface area contributed by atoms with Gasteiger partial charge in [0.05, 0.1) is 6.10 Å². The van der Waals surface area contributed by atoms with Crippen molar-refractivity contribution in [3.8, 4) is 0 Å². The summed E-state index contributed by atoms with van der Waals surface area (Å²) in [4.78, 5) is 0. The zero-order valence-electron chi connectivity index (χ0n) is 15.3. The molecule has 0 aromatic carbocycles. The Morgan fingerprint density at radius 3 is 1.64 bits per heavy atom. The molecule has 2 saturated carbocycles. The summed E-state index contributed by atoms with van der Waals surface area (Å²) in [6, 6.07) is 0. The van der Waals surface area contributed by atoms with E-state index in [1.165, 1.54) is 89.9 Å². The third kappa shape index (κ3) is 6.60. The number of ether oxygens (including phenoxy) is 1. The van der Waals surface area contributed by atoms with Gasteiger partial charge < -0.3 is 4.74 Å². The molecule has 0 radical (unpaired) electrons. The number of rotatable bonds is 9. The number of hydrogen-bond donors (Lipinski definition) is 0. The van der Waals surface area contributed by atoms with Crippen LogP contribution in [0.1, 0.15) is 104 Å². The molecule has 0 heterocycles. The molecule has 0 N–H and O–H groups in total. The molecule has 22 heavy (non-hydrogen) atoms. The van der Waals surface area contributed by atoms with Gasteiger partial charge in [-0.25, -0.2) is 0 Å². The van der Waals surface area contributed by atoms with Crippen LogP contribution in [0.3, 0.4) is 0 Å². The van der Waals surface area contributed by atoms with E-state index in [1.54, 1.807) is 0 Å². The van der Waals surface area contributed by atoms with Crippen LogP contribution in [0, 0.1) is 17.8 Å². The largest absolute Gasteiger partial charge is 0.379 e. The van der Waals surface area contributed by atoms with E-state index < -0.39 is 0 Å². The van der Waals surface area contributed by atoms with Crippen molar-refractivity contribution in [3.05, 3.63) is 0 Å². The Kier molecular flexibility index (Phi) is 8.89. The van der Waals surface area contributed by atoms with Gasteiger partial charge in [0.15, 0.2) is 0 Å². The average Bonchev–Trinajstić information content (AvgIpc) is 2.56. The molecule has 1 heteroatoms. The molecule has 2 fully saturated rings. The minimum atomic E-state index is 0.583. The molecule has 0 aromatic rings. The van der Waals surface area contributed by atoms with Gasteiger partial charge >= 0.3 is 0 Å².